The Bertz CT molecular complexity index is 817. The molecule has 1 saturated carbocycles. The molecule has 2 aliphatic rings. The second kappa shape index (κ2) is 6.53. The minimum atomic E-state index is -3.06. The summed E-state index contributed by atoms with van der Waals surface area (Å²) in [7, 11) is -3.06. The summed E-state index contributed by atoms with van der Waals surface area (Å²) in [4.78, 5) is 0. The fourth-order valence-electron chi connectivity index (χ4n) is 3.60. The lowest BCUT2D eigenvalue weighted by atomic mass is 9.97. The topological polar surface area (TPSA) is 85.9 Å². The molecule has 4 rings (SSSR count). The van der Waals surface area contributed by atoms with Gasteiger partial charge in [0.05, 0.1) is 5.25 Å². The van der Waals surface area contributed by atoms with Crippen molar-refractivity contribution in [2.45, 2.75) is 56.9 Å². The van der Waals surface area contributed by atoms with E-state index >= 15 is 0 Å². The van der Waals surface area contributed by atoms with Crippen molar-refractivity contribution in [2.24, 2.45) is 0 Å². The van der Waals surface area contributed by atoms with Gasteiger partial charge in [-0.05, 0) is 38.7 Å². The molecule has 0 amide bonds. The van der Waals surface area contributed by atoms with Crippen LogP contribution in [-0.4, -0.2) is 55.6 Å². The van der Waals surface area contributed by atoms with Crippen LogP contribution in [-0.2, 0) is 23.1 Å². The van der Waals surface area contributed by atoms with Gasteiger partial charge >= 0.3 is 0 Å². The minimum absolute atomic E-state index is 0.121. The maximum atomic E-state index is 12.4. The Labute approximate surface area is 147 Å². The normalized spacial score (nSPS) is 20.2. The first-order valence-corrected chi connectivity index (χ1v) is 10.5. The SMILES string of the molecule is CCn1c(Cn2cccn2)nnc1C1CCN(S(=O)(=O)C2CC2)CC1. The Morgan fingerprint density at radius 2 is 1.92 bits per heavy atom. The molecule has 8 nitrogen and oxygen atoms in total. The van der Waals surface area contributed by atoms with Crippen LogP contribution in [0.15, 0.2) is 18.5 Å². The summed E-state index contributed by atoms with van der Waals surface area (Å²) in [5, 5.41) is 12.9. The molecule has 1 aliphatic carbocycles. The highest BCUT2D eigenvalue weighted by atomic mass is 32.2. The largest absolute Gasteiger partial charge is 0.313 e. The van der Waals surface area contributed by atoms with Crippen LogP contribution in [0.5, 0.6) is 0 Å². The molecule has 2 aromatic rings. The molecule has 0 unspecified atom stereocenters. The molecule has 9 heteroatoms. The van der Waals surface area contributed by atoms with Crippen LogP contribution >= 0.6 is 0 Å². The van der Waals surface area contributed by atoms with Crippen molar-refractivity contribution in [3.8, 4) is 0 Å². The highest BCUT2D eigenvalue weighted by molar-refractivity contribution is 7.90. The van der Waals surface area contributed by atoms with E-state index in [1.165, 1.54) is 0 Å². The van der Waals surface area contributed by atoms with Crippen LogP contribution < -0.4 is 0 Å². The molecule has 0 bridgehead atoms. The first-order valence-electron chi connectivity index (χ1n) is 8.98. The van der Waals surface area contributed by atoms with Crippen molar-refractivity contribution >= 4 is 10.0 Å². The fourth-order valence-corrected chi connectivity index (χ4v) is 5.47. The number of piperidine rings is 1. The third-order valence-electron chi connectivity index (χ3n) is 5.16. The quantitative estimate of drug-likeness (QED) is 0.769. The van der Waals surface area contributed by atoms with Crippen molar-refractivity contribution in [3.05, 3.63) is 30.1 Å². The van der Waals surface area contributed by atoms with Crippen LogP contribution in [0, 0.1) is 0 Å². The van der Waals surface area contributed by atoms with Crippen molar-refractivity contribution in [2.75, 3.05) is 13.1 Å². The van der Waals surface area contributed by atoms with Gasteiger partial charge in [0, 0.05) is 37.9 Å². The van der Waals surface area contributed by atoms with Crippen molar-refractivity contribution in [1.29, 1.82) is 0 Å². The van der Waals surface area contributed by atoms with Gasteiger partial charge in [-0.15, -0.1) is 10.2 Å². The highest BCUT2D eigenvalue weighted by Crippen LogP contribution is 2.35. The molecule has 0 atom stereocenters. The first kappa shape index (κ1) is 16.7. The average molecular weight is 364 g/mol. The lowest BCUT2D eigenvalue weighted by molar-refractivity contribution is 0.308. The summed E-state index contributed by atoms with van der Waals surface area (Å²) in [6.45, 7) is 4.68. The predicted octanol–water partition coefficient (Wildman–Crippen LogP) is 1.21. The van der Waals surface area contributed by atoms with Crippen LogP contribution in [0.3, 0.4) is 0 Å². The van der Waals surface area contributed by atoms with Gasteiger partial charge in [-0.2, -0.15) is 5.10 Å². The van der Waals surface area contributed by atoms with E-state index < -0.39 is 10.0 Å². The molecular weight excluding hydrogens is 340 g/mol. The molecule has 0 radical (unpaired) electrons. The van der Waals surface area contributed by atoms with Crippen molar-refractivity contribution < 1.29 is 8.42 Å². The van der Waals surface area contributed by atoms with Gasteiger partial charge in [0.15, 0.2) is 5.82 Å². The fraction of sp³-hybridized carbons (Fsp3) is 0.688. The molecular formula is C16H24N6O2S. The summed E-state index contributed by atoms with van der Waals surface area (Å²) < 4.78 is 30.4. The van der Waals surface area contributed by atoms with E-state index in [2.05, 4.69) is 26.8 Å². The number of nitrogens with zero attached hydrogens (tertiary/aromatic N) is 6. The van der Waals surface area contributed by atoms with E-state index in [9.17, 15) is 8.42 Å². The zero-order chi connectivity index (χ0) is 17.4. The summed E-state index contributed by atoms with van der Waals surface area (Å²) in [6, 6.07) is 1.89. The molecule has 0 spiro atoms. The van der Waals surface area contributed by atoms with E-state index in [-0.39, 0.29) is 11.2 Å². The second-order valence-corrected chi connectivity index (χ2v) is 9.05. The van der Waals surface area contributed by atoms with Crippen LogP contribution in [0.2, 0.25) is 0 Å². The molecule has 25 heavy (non-hydrogen) atoms. The number of hydrogen-bond acceptors (Lipinski definition) is 5. The molecule has 3 heterocycles. The first-order chi connectivity index (χ1) is 12.1. The van der Waals surface area contributed by atoms with Gasteiger partial charge in [-0.1, -0.05) is 0 Å². The smallest absolute Gasteiger partial charge is 0.216 e. The zero-order valence-corrected chi connectivity index (χ0v) is 15.3. The third kappa shape index (κ3) is 3.22. The van der Waals surface area contributed by atoms with Gasteiger partial charge in [0.1, 0.15) is 12.4 Å². The van der Waals surface area contributed by atoms with E-state index in [0.29, 0.717) is 19.6 Å². The Hall–Kier alpha value is -1.74. The van der Waals surface area contributed by atoms with Crippen LogP contribution in [0.1, 0.15) is 50.2 Å². The maximum Gasteiger partial charge on any atom is 0.216 e. The lowest BCUT2D eigenvalue weighted by Crippen LogP contribution is -2.40. The van der Waals surface area contributed by atoms with E-state index in [1.807, 2.05) is 16.9 Å². The van der Waals surface area contributed by atoms with Gasteiger partial charge in [-0.25, -0.2) is 12.7 Å². The summed E-state index contributed by atoms with van der Waals surface area (Å²) in [6.07, 6.45) is 6.93. The Balaban J connectivity index is 1.47. The maximum absolute atomic E-state index is 12.4. The van der Waals surface area contributed by atoms with Crippen LogP contribution in [0.4, 0.5) is 0 Å². The Kier molecular flexibility index (Phi) is 4.36. The van der Waals surface area contributed by atoms with Gasteiger partial charge in [0.2, 0.25) is 10.0 Å². The zero-order valence-electron chi connectivity index (χ0n) is 14.5. The number of sulfonamides is 1. The average Bonchev–Trinajstić information content (AvgIpc) is 3.23. The predicted molar refractivity (Wildman–Crippen MR) is 92.5 cm³/mol. The molecule has 1 saturated heterocycles. The minimum Gasteiger partial charge on any atom is -0.313 e. The highest BCUT2D eigenvalue weighted by Gasteiger charge is 2.41. The second-order valence-electron chi connectivity index (χ2n) is 6.84. The number of hydrogen-bond donors (Lipinski definition) is 0. The standard InChI is InChI=1S/C16H24N6O2S/c1-2-22-15(12-20-9-3-8-17-20)18-19-16(22)13-6-10-21(11-7-13)25(23,24)14-4-5-14/h3,8-9,13-14H,2,4-7,10-12H2,1H3. The lowest BCUT2D eigenvalue weighted by Gasteiger charge is -2.31. The Morgan fingerprint density at radius 3 is 2.52 bits per heavy atom. The van der Waals surface area contributed by atoms with Gasteiger partial charge < -0.3 is 4.57 Å². The van der Waals surface area contributed by atoms with E-state index in [1.54, 1.807) is 10.5 Å². The molecule has 0 N–H and O–H groups in total. The third-order valence-corrected chi connectivity index (χ3v) is 7.56. The summed E-state index contributed by atoms with van der Waals surface area (Å²) in [5.74, 6) is 2.15. The summed E-state index contributed by atoms with van der Waals surface area (Å²) >= 11 is 0. The molecule has 136 valence electrons. The Morgan fingerprint density at radius 1 is 1.16 bits per heavy atom. The van der Waals surface area contributed by atoms with Crippen molar-refractivity contribution in [3.63, 3.8) is 0 Å². The van der Waals surface area contributed by atoms with E-state index in [4.69, 9.17) is 0 Å². The van der Waals surface area contributed by atoms with E-state index in [0.717, 1.165) is 43.9 Å². The van der Waals surface area contributed by atoms with Gasteiger partial charge in [0.25, 0.3) is 0 Å². The number of rotatable bonds is 6. The van der Waals surface area contributed by atoms with Crippen LogP contribution in [0.25, 0.3) is 0 Å². The molecule has 2 fully saturated rings. The van der Waals surface area contributed by atoms with Gasteiger partial charge in [-0.3, -0.25) is 4.68 Å². The monoisotopic (exact) mass is 364 g/mol. The molecule has 1 aliphatic heterocycles. The molecule has 2 aromatic heterocycles. The van der Waals surface area contributed by atoms with Crippen molar-refractivity contribution in [1.82, 2.24) is 28.9 Å². The summed E-state index contributed by atoms with van der Waals surface area (Å²) in [5.41, 5.74) is 0. The molecule has 0 aromatic carbocycles. The number of aromatic nitrogens is 5.